The van der Waals surface area contributed by atoms with Gasteiger partial charge in [-0.2, -0.15) is 5.10 Å². The van der Waals surface area contributed by atoms with Gasteiger partial charge in [-0.05, 0) is 49.1 Å². The van der Waals surface area contributed by atoms with Crippen molar-refractivity contribution in [2.75, 3.05) is 31.6 Å². The van der Waals surface area contributed by atoms with E-state index in [-0.39, 0.29) is 17.6 Å². The van der Waals surface area contributed by atoms with Crippen molar-refractivity contribution in [3.8, 4) is 11.1 Å². The molecule has 1 unspecified atom stereocenters. The van der Waals surface area contributed by atoms with Crippen molar-refractivity contribution in [2.45, 2.75) is 31.6 Å². The number of likely N-dealkylation sites (tertiary alicyclic amines) is 1. The van der Waals surface area contributed by atoms with E-state index >= 15 is 0 Å². The van der Waals surface area contributed by atoms with Gasteiger partial charge in [-0.3, -0.25) is 9.89 Å². The third-order valence-electron chi connectivity index (χ3n) is 6.09. The number of piperidine rings is 1. The average Bonchev–Trinajstić information content (AvgIpc) is 3.30. The van der Waals surface area contributed by atoms with E-state index in [9.17, 15) is 9.18 Å². The molecule has 31 heavy (non-hydrogen) atoms. The first kappa shape index (κ1) is 21.1. The summed E-state index contributed by atoms with van der Waals surface area (Å²) in [6.45, 7) is 2.36. The fourth-order valence-corrected chi connectivity index (χ4v) is 4.34. The van der Waals surface area contributed by atoms with Crippen molar-refractivity contribution in [3.63, 3.8) is 0 Å². The number of carbonyl (C=O) groups excluding carboxylic acids is 1. The van der Waals surface area contributed by atoms with Crippen LogP contribution in [0.1, 0.15) is 37.3 Å². The Balaban J connectivity index is 1.34. The fraction of sp³-hybridized carbons (Fsp3) is 0.360. The molecule has 2 heterocycles. The molecule has 1 atom stereocenters. The zero-order valence-corrected chi connectivity index (χ0v) is 17.9. The highest BCUT2D eigenvalue weighted by atomic mass is 19.1. The van der Waals surface area contributed by atoms with Crippen molar-refractivity contribution in [2.24, 2.45) is 0 Å². The molecule has 1 amide bonds. The van der Waals surface area contributed by atoms with Crippen LogP contribution in [0.25, 0.3) is 11.1 Å². The standard InChI is InChI=1S/C25H29FN4O/c1-29(22-8-3-2-4-9-22)15-6-10-24(31)30-16-5-7-20(18-30)25-23(17-27-28-25)19-11-13-21(26)14-12-19/h2-4,8-9,11-14,17,20H,5-7,10,15-16,18H2,1H3,(H,27,28). The molecule has 6 heteroatoms. The summed E-state index contributed by atoms with van der Waals surface area (Å²) in [4.78, 5) is 17.0. The van der Waals surface area contributed by atoms with Crippen LogP contribution in [0.4, 0.5) is 10.1 Å². The molecule has 4 rings (SSSR count). The summed E-state index contributed by atoms with van der Waals surface area (Å²) in [5, 5.41) is 7.37. The third-order valence-corrected chi connectivity index (χ3v) is 6.09. The molecule has 1 aromatic heterocycles. The zero-order valence-electron chi connectivity index (χ0n) is 17.9. The number of H-pyrrole nitrogens is 1. The summed E-state index contributed by atoms with van der Waals surface area (Å²) in [6.07, 6.45) is 5.16. The van der Waals surface area contributed by atoms with Crippen LogP contribution in [0.5, 0.6) is 0 Å². The largest absolute Gasteiger partial charge is 0.375 e. The van der Waals surface area contributed by atoms with Crippen LogP contribution >= 0.6 is 0 Å². The minimum Gasteiger partial charge on any atom is -0.375 e. The molecule has 1 aliphatic rings. The number of benzene rings is 2. The quantitative estimate of drug-likeness (QED) is 0.595. The van der Waals surface area contributed by atoms with E-state index in [0.29, 0.717) is 13.0 Å². The number of amides is 1. The van der Waals surface area contributed by atoms with E-state index in [2.05, 4.69) is 34.3 Å². The summed E-state index contributed by atoms with van der Waals surface area (Å²) in [5.41, 5.74) is 4.13. The molecule has 1 N–H and O–H groups in total. The van der Waals surface area contributed by atoms with Crippen molar-refractivity contribution in [3.05, 3.63) is 72.3 Å². The maximum absolute atomic E-state index is 13.3. The van der Waals surface area contributed by atoms with Crippen LogP contribution in [-0.2, 0) is 4.79 Å². The molecule has 2 aromatic carbocycles. The lowest BCUT2D eigenvalue weighted by molar-refractivity contribution is -0.132. The van der Waals surface area contributed by atoms with Gasteiger partial charge in [-0.15, -0.1) is 0 Å². The van der Waals surface area contributed by atoms with Crippen LogP contribution in [-0.4, -0.2) is 47.7 Å². The highest BCUT2D eigenvalue weighted by molar-refractivity contribution is 5.76. The van der Waals surface area contributed by atoms with Crippen LogP contribution in [0.15, 0.2) is 60.8 Å². The summed E-state index contributed by atoms with van der Waals surface area (Å²) >= 11 is 0. The second kappa shape index (κ2) is 9.77. The Hall–Kier alpha value is -3.15. The lowest BCUT2D eigenvalue weighted by Gasteiger charge is -2.33. The predicted molar refractivity (Wildman–Crippen MR) is 121 cm³/mol. The number of hydrogen-bond acceptors (Lipinski definition) is 3. The number of aromatic nitrogens is 2. The molecule has 0 spiro atoms. The molecule has 5 nitrogen and oxygen atoms in total. The van der Waals surface area contributed by atoms with E-state index in [1.807, 2.05) is 23.1 Å². The van der Waals surface area contributed by atoms with Gasteiger partial charge in [0.15, 0.2) is 0 Å². The lowest BCUT2D eigenvalue weighted by atomic mass is 9.90. The van der Waals surface area contributed by atoms with Gasteiger partial charge >= 0.3 is 0 Å². The average molecular weight is 421 g/mol. The fourth-order valence-electron chi connectivity index (χ4n) is 4.34. The number of rotatable bonds is 7. The number of aromatic amines is 1. The number of carbonyl (C=O) groups is 1. The monoisotopic (exact) mass is 420 g/mol. The van der Waals surface area contributed by atoms with Crippen LogP contribution < -0.4 is 4.90 Å². The van der Waals surface area contributed by atoms with Gasteiger partial charge in [0.25, 0.3) is 0 Å². The number of nitrogens with zero attached hydrogens (tertiary/aromatic N) is 3. The van der Waals surface area contributed by atoms with Crippen LogP contribution in [0, 0.1) is 5.82 Å². The number of hydrogen-bond donors (Lipinski definition) is 1. The summed E-state index contributed by atoms with van der Waals surface area (Å²) in [7, 11) is 2.06. The number of halogens is 1. The highest BCUT2D eigenvalue weighted by Gasteiger charge is 2.27. The first-order chi connectivity index (χ1) is 15.1. The Morgan fingerprint density at radius 1 is 1.19 bits per heavy atom. The number of anilines is 1. The van der Waals surface area contributed by atoms with Gasteiger partial charge in [-0.25, -0.2) is 4.39 Å². The Morgan fingerprint density at radius 3 is 2.74 bits per heavy atom. The van der Waals surface area contributed by atoms with Crippen LogP contribution in [0.2, 0.25) is 0 Å². The molecule has 1 fully saturated rings. The van der Waals surface area contributed by atoms with Gasteiger partial charge < -0.3 is 9.80 Å². The molecule has 0 aliphatic carbocycles. The summed E-state index contributed by atoms with van der Waals surface area (Å²) in [5.74, 6) is 0.183. The Bertz CT molecular complexity index is 986. The van der Waals surface area contributed by atoms with Gasteiger partial charge in [0.05, 0.1) is 6.20 Å². The third kappa shape index (κ3) is 5.13. The van der Waals surface area contributed by atoms with E-state index < -0.39 is 0 Å². The van der Waals surface area contributed by atoms with Crippen LogP contribution in [0.3, 0.4) is 0 Å². The Kier molecular flexibility index (Phi) is 6.65. The molecule has 162 valence electrons. The minimum atomic E-state index is -0.249. The molecular formula is C25H29FN4O. The predicted octanol–water partition coefficient (Wildman–Crippen LogP) is 4.84. The first-order valence-electron chi connectivity index (χ1n) is 10.9. The van der Waals surface area contributed by atoms with Gasteiger partial charge in [-0.1, -0.05) is 30.3 Å². The molecule has 0 bridgehead atoms. The topological polar surface area (TPSA) is 52.2 Å². The van der Waals surface area contributed by atoms with Gasteiger partial charge in [0.2, 0.25) is 5.91 Å². The first-order valence-corrected chi connectivity index (χ1v) is 10.9. The Labute approximate surface area is 182 Å². The van der Waals surface area contributed by atoms with Crippen molar-refractivity contribution in [1.82, 2.24) is 15.1 Å². The van der Waals surface area contributed by atoms with E-state index in [4.69, 9.17) is 0 Å². The summed E-state index contributed by atoms with van der Waals surface area (Å²) < 4.78 is 13.3. The maximum atomic E-state index is 13.3. The Morgan fingerprint density at radius 2 is 1.97 bits per heavy atom. The van der Waals surface area contributed by atoms with Crippen molar-refractivity contribution >= 4 is 11.6 Å². The zero-order chi connectivity index (χ0) is 21.6. The van der Waals surface area contributed by atoms with Gasteiger partial charge in [0, 0.05) is 56.0 Å². The van der Waals surface area contributed by atoms with E-state index in [0.717, 1.165) is 49.2 Å². The lowest BCUT2D eigenvalue weighted by Crippen LogP contribution is -2.39. The van der Waals surface area contributed by atoms with Crippen molar-refractivity contribution in [1.29, 1.82) is 0 Å². The number of para-hydroxylation sites is 1. The van der Waals surface area contributed by atoms with E-state index in [1.54, 1.807) is 18.3 Å². The SMILES string of the molecule is CN(CCCC(=O)N1CCCC(c2[nH]ncc2-c2ccc(F)cc2)C1)c1ccccc1. The molecular weight excluding hydrogens is 391 g/mol. The second-order valence-electron chi connectivity index (χ2n) is 8.24. The molecule has 0 radical (unpaired) electrons. The second-order valence-corrected chi connectivity index (χ2v) is 8.24. The van der Waals surface area contributed by atoms with E-state index in [1.165, 1.54) is 17.8 Å². The van der Waals surface area contributed by atoms with Crippen molar-refractivity contribution < 1.29 is 9.18 Å². The normalized spacial score (nSPS) is 16.3. The maximum Gasteiger partial charge on any atom is 0.222 e. The molecule has 0 saturated carbocycles. The summed E-state index contributed by atoms with van der Waals surface area (Å²) in [6, 6.07) is 16.7. The van der Waals surface area contributed by atoms with Gasteiger partial charge in [0.1, 0.15) is 5.82 Å². The smallest absolute Gasteiger partial charge is 0.222 e. The number of nitrogens with one attached hydrogen (secondary N) is 1. The highest BCUT2D eigenvalue weighted by Crippen LogP contribution is 2.33. The molecule has 1 aliphatic heterocycles. The molecule has 1 saturated heterocycles. The minimum absolute atomic E-state index is 0.215. The molecule has 3 aromatic rings.